The summed E-state index contributed by atoms with van der Waals surface area (Å²) >= 11 is 5.34. The average molecular weight is 317 g/mol. The molecule has 21 heavy (non-hydrogen) atoms. The lowest BCUT2D eigenvalue weighted by atomic mass is 10.3. The third-order valence-electron chi connectivity index (χ3n) is 2.14. The van der Waals surface area contributed by atoms with E-state index >= 15 is 0 Å². The number of nitro benzene ring substituents is 2. The van der Waals surface area contributed by atoms with Crippen molar-refractivity contribution < 1.29 is 18.6 Å². The molecular formula is C12H7ClF2N2O4. The van der Waals surface area contributed by atoms with Crippen molar-refractivity contribution in [1.82, 2.24) is 0 Å². The predicted octanol–water partition coefficient (Wildman–Crippen LogP) is 4.12. The fourth-order valence-electron chi connectivity index (χ4n) is 1.19. The molecular weight excluding hydrogens is 310 g/mol. The first kappa shape index (κ1) is 16.4. The monoisotopic (exact) mass is 316 g/mol. The minimum absolute atomic E-state index is 0.0959. The molecule has 0 radical (unpaired) electrons. The summed E-state index contributed by atoms with van der Waals surface area (Å²) in [5, 5.41) is 19.9. The van der Waals surface area contributed by atoms with Gasteiger partial charge in [-0.05, 0) is 24.3 Å². The Balaban J connectivity index is 0.000000211. The predicted molar refractivity (Wildman–Crippen MR) is 71.1 cm³/mol. The van der Waals surface area contributed by atoms with Crippen LogP contribution in [0, 0.1) is 31.9 Å². The fraction of sp³-hybridized carbons (Fsp3) is 0. The van der Waals surface area contributed by atoms with E-state index in [2.05, 4.69) is 0 Å². The van der Waals surface area contributed by atoms with Crippen LogP contribution in [0.1, 0.15) is 0 Å². The van der Waals surface area contributed by atoms with Gasteiger partial charge in [0.25, 0.3) is 11.4 Å². The molecule has 0 saturated heterocycles. The second-order valence-corrected chi connectivity index (χ2v) is 3.99. The molecule has 9 heteroatoms. The first-order valence-electron chi connectivity index (χ1n) is 5.30. The Morgan fingerprint density at radius 1 is 0.857 bits per heavy atom. The molecule has 0 unspecified atom stereocenters. The van der Waals surface area contributed by atoms with Crippen LogP contribution in [0.4, 0.5) is 20.2 Å². The first-order chi connectivity index (χ1) is 9.81. The lowest BCUT2D eigenvalue weighted by molar-refractivity contribution is -0.385. The van der Waals surface area contributed by atoms with E-state index in [-0.39, 0.29) is 16.4 Å². The SMILES string of the molecule is O=[N+]([O-])c1ccc(F)cc1.O=[N+]([O-])c1ccc(F)cc1Cl. The molecule has 0 aliphatic carbocycles. The van der Waals surface area contributed by atoms with Gasteiger partial charge in [-0.2, -0.15) is 0 Å². The summed E-state index contributed by atoms with van der Waals surface area (Å²) in [5.41, 5.74) is -0.380. The highest BCUT2D eigenvalue weighted by Crippen LogP contribution is 2.23. The molecule has 0 heterocycles. The Labute approximate surface area is 121 Å². The maximum Gasteiger partial charge on any atom is 0.288 e. The van der Waals surface area contributed by atoms with Gasteiger partial charge in [0.2, 0.25) is 0 Å². The van der Waals surface area contributed by atoms with E-state index in [1.807, 2.05) is 0 Å². The summed E-state index contributed by atoms with van der Waals surface area (Å²) in [6.45, 7) is 0. The van der Waals surface area contributed by atoms with Crippen LogP contribution in [0.5, 0.6) is 0 Å². The Bertz CT molecular complexity index is 665. The van der Waals surface area contributed by atoms with Crippen molar-refractivity contribution in [3.05, 3.63) is 79.4 Å². The van der Waals surface area contributed by atoms with Crippen LogP contribution < -0.4 is 0 Å². The summed E-state index contributed by atoms with van der Waals surface area (Å²) in [6, 6.07) is 7.27. The van der Waals surface area contributed by atoms with Gasteiger partial charge >= 0.3 is 0 Å². The average Bonchev–Trinajstić information content (AvgIpc) is 2.39. The number of non-ortho nitro benzene ring substituents is 1. The van der Waals surface area contributed by atoms with E-state index < -0.39 is 21.5 Å². The van der Waals surface area contributed by atoms with Crippen LogP contribution in [0.15, 0.2) is 42.5 Å². The number of halogens is 3. The van der Waals surface area contributed by atoms with Crippen LogP contribution in [-0.2, 0) is 0 Å². The molecule has 6 nitrogen and oxygen atoms in total. The summed E-state index contributed by atoms with van der Waals surface area (Å²) in [7, 11) is 0. The van der Waals surface area contributed by atoms with Crippen LogP contribution in [0.3, 0.4) is 0 Å². The molecule has 0 bridgehead atoms. The second-order valence-electron chi connectivity index (χ2n) is 3.59. The van der Waals surface area contributed by atoms with E-state index in [9.17, 15) is 29.0 Å². The normalized spacial score (nSPS) is 9.48. The van der Waals surface area contributed by atoms with Crippen molar-refractivity contribution in [3.63, 3.8) is 0 Å². The van der Waals surface area contributed by atoms with Gasteiger partial charge < -0.3 is 0 Å². The van der Waals surface area contributed by atoms with Crippen LogP contribution in [0.2, 0.25) is 5.02 Å². The first-order valence-corrected chi connectivity index (χ1v) is 5.68. The zero-order valence-electron chi connectivity index (χ0n) is 10.2. The third-order valence-corrected chi connectivity index (χ3v) is 2.45. The molecule has 110 valence electrons. The van der Waals surface area contributed by atoms with Gasteiger partial charge in [0.15, 0.2) is 0 Å². The molecule has 0 fully saturated rings. The molecule has 2 aromatic carbocycles. The van der Waals surface area contributed by atoms with Gasteiger partial charge in [0.1, 0.15) is 16.7 Å². The van der Waals surface area contributed by atoms with Crippen molar-refractivity contribution in [2.24, 2.45) is 0 Å². The van der Waals surface area contributed by atoms with E-state index in [0.29, 0.717) is 0 Å². The van der Waals surface area contributed by atoms with Crippen molar-refractivity contribution >= 4 is 23.0 Å². The van der Waals surface area contributed by atoms with Gasteiger partial charge in [-0.15, -0.1) is 0 Å². The zero-order chi connectivity index (χ0) is 16.0. The fourth-order valence-corrected chi connectivity index (χ4v) is 1.43. The molecule has 0 aliphatic heterocycles. The Hall–Kier alpha value is -2.61. The summed E-state index contributed by atoms with van der Waals surface area (Å²) in [4.78, 5) is 18.9. The molecule has 0 saturated carbocycles. The van der Waals surface area contributed by atoms with E-state index in [0.717, 1.165) is 42.5 Å². The van der Waals surface area contributed by atoms with E-state index in [1.54, 1.807) is 0 Å². The van der Waals surface area contributed by atoms with Crippen LogP contribution >= 0.6 is 11.6 Å². The molecule has 2 rings (SSSR count). The minimum atomic E-state index is -0.665. The maximum atomic E-state index is 12.3. The summed E-state index contributed by atoms with van der Waals surface area (Å²) in [5.74, 6) is -1.05. The summed E-state index contributed by atoms with van der Waals surface area (Å²) < 4.78 is 24.4. The van der Waals surface area contributed by atoms with Gasteiger partial charge in [0, 0.05) is 18.2 Å². The number of rotatable bonds is 2. The van der Waals surface area contributed by atoms with Crippen LogP contribution in [0.25, 0.3) is 0 Å². The standard InChI is InChI=1S/C6H3ClFNO2.C6H4FNO2/c7-5-3-4(8)1-2-6(5)9(10)11;7-5-1-3-6(4-2-5)8(9)10/h1-3H;1-4H. The van der Waals surface area contributed by atoms with Gasteiger partial charge in [0.05, 0.1) is 9.85 Å². The molecule has 0 atom stereocenters. The van der Waals surface area contributed by atoms with Gasteiger partial charge in [-0.3, -0.25) is 20.2 Å². The zero-order valence-corrected chi connectivity index (χ0v) is 11.0. The highest BCUT2D eigenvalue weighted by Gasteiger charge is 2.11. The van der Waals surface area contributed by atoms with Crippen LogP contribution in [-0.4, -0.2) is 9.85 Å². The lowest BCUT2D eigenvalue weighted by Crippen LogP contribution is -1.88. The van der Waals surface area contributed by atoms with E-state index in [4.69, 9.17) is 11.6 Å². The number of hydrogen-bond donors (Lipinski definition) is 0. The number of benzene rings is 2. The van der Waals surface area contributed by atoms with Crippen molar-refractivity contribution in [2.45, 2.75) is 0 Å². The minimum Gasteiger partial charge on any atom is -0.258 e. The smallest absolute Gasteiger partial charge is 0.258 e. The lowest BCUT2D eigenvalue weighted by Gasteiger charge is -1.92. The van der Waals surface area contributed by atoms with Gasteiger partial charge in [-0.25, -0.2) is 8.78 Å². The summed E-state index contributed by atoms with van der Waals surface area (Å²) in [6.07, 6.45) is 0. The van der Waals surface area contributed by atoms with Gasteiger partial charge in [-0.1, -0.05) is 11.6 Å². The van der Waals surface area contributed by atoms with Crippen molar-refractivity contribution in [1.29, 1.82) is 0 Å². The topological polar surface area (TPSA) is 86.3 Å². The molecule has 2 aromatic rings. The van der Waals surface area contributed by atoms with E-state index in [1.165, 1.54) is 0 Å². The maximum absolute atomic E-state index is 12.3. The highest BCUT2D eigenvalue weighted by molar-refractivity contribution is 6.32. The largest absolute Gasteiger partial charge is 0.288 e. The van der Waals surface area contributed by atoms with Crippen molar-refractivity contribution in [3.8, 4) is 0 Å². The second kappa shape index (κ2) is 7.25. The Morgan fingerprint density at radius 2 is 1.38 bits per heavy atom. The van der Waals surface area contributed by atoms with Crippen molar-refractivity contribution in [2.75, 3.05) is 0 Å². The molecule has 0 N–H and O–H groups in total. The molecule has 0 aliphatic rings. The third kappa shape index (κ3) is 5.11. The molecule has 0 amide bonds. The highest BCUT2D eigenvalue weighted by atomic mass is 35.5. The molecule has 0 aromatic heterocycles. The number of nitrogens with zero attached hydrogens (tertiary/aromatic N) is 2. The molecule has 0 spiro atoms. The quantitative estimate of drug-likeness (QED) is 0.616. The Kier molecular flexibility index (Phi) is 5.67. The Morgan fingerprint density at radius 3 is 1.81 bits per heavy atom. The number of hydrogen-bond acceptors (Lipinski definition) is 4. The number of nitro groups is 2.